The summed E-state index contributed by atoms with van der Waals surface area (Å²) in [6.45, 7) is 2.50. The fourth-order valence-electron chi connectivity index (χ4n) is 1.19. The SMILES string of the molecule is CCN(C)C(=O)CNc1cc(C(=O)O)cc(Cl)n1. The molecule has 0 saturated heterocycles. The summed E-state index contributed by atoms with van der Waals surface area (Å²) in [5.41, 5.74) is 0.0220. The van der Waals surface area contributed by atoms with Crippen molar-refractivity contribution in [1.82, 2.24) is 9.88 Å². The average molecular weight is 272 g/mol. The number of nitrogens with one attached hydrogen (secondary N) is 1. The van der Waals surface area contributed by atoms with Crippen LogP contribution < -0.4 is 5.32 Å². The van der Waals surface area contributed by atoms with Crippen molar-refractivity contribution < 1.29 is 14.7 Å². The van der Waals surface area contributed by atoms with Gasteiger partial charge in [0, 0.05) is 13.6 Å². The second-order valence-electron chi connectivity index (χ2n) is 3.63. The molecule has 1 aromatic heterocycles. The molecular formula is C11H14ClN3O3. The van der Waals surface area contributed by atoms with Crippen LogP contribution in [-0.2, 0) is 4.79 Å². The number of hydrogen-bond acceptors (Lipinski definition) is 4. The number of aromatic carboxylic acids is 1. The highest BCUT2D eigenvalue weighted by molar-refractivity contribution is 6.29. The van der Waals surface area contributed by atoms with E-state index in [1.807, 2.05) is 6.92 Å². The van der Waals surface area contributed by atoms with Crippen molar-refractivity contribution in [2.45, 2.75) is 6.92 Å². The molecule has 0 radical (unpaired) electrons. The highest BCUT2D eigenvalue weighted by atomic mass is 35.5. The monoisotopic (exact) mass is 271 g/mol. The van der Waals surface area contributed by atoms with Crippen LogP contribution in [0.15, 0.2) is 12.1 Å². The van der Waals surface area contributed by atoms with Gasteiger partial charge < -0.3 is 15.3 Å². The van der Waals surface area contributed by atoms with Crippen molar-refractivity contribution in [2.75, 3.05) is 25.5 Å². The number of carbonyl (C=O) groups is 2. The number of carbonyl (C=O) groups excluding carboxylic acids is 1. The van der Waals surface area contributed by atoms with Gasteiger partial charge in [-0.15, -0.1) is 0 Å². The van der Waals surface area contributed by atoms with Crippen LogP contribution in [-0.4, -0.2) is 47.0 Å². The van der Waals surface area contributed by atoms with E-state index in [0.29, 0.717) is 6.54 Å². The van der Waals surface area contributed by atoms with E-state index in [1.165, 1.54) is 17.0 Å². The first-order chi connectivity index (χ1) is 8.43. The van der Waals surface area contributed by atoms with Crippen molar-refractivity contribution >= 4 is 29.3 Å². The first-order valence-electron chi connectivity index (χ1n) is 5.32. The lowest BCUT2D eigenvalue weighted by Crippen LogP contribution is -2.32. The molecule has 0 atom stereocenters. The van der Waals surface area contributed by atoms with E-state index in [0.717, 1.165) is 0 Å². The second kappa shape index (κ2) is 6.20. The summed E-state index contributed by atoms with van der Waals surface area (Å²) in [5, 5.41) is 11.7. The molecule has 0 aromatic carbocycles. The number of aromatic nitrogens is 1. The van der Waals surface area contributed by atoms with Crippen LogP contribution in [0.4, 0.5) is 5.82 Å². The zero-order valence-electron chi connectivity index (χ0n) is 10.1. The summed E-state index contributed by atoms with van der Waals surface area (Å²) in [6.07, 6.45) is 0. The molecular weight excluding hydrogens is 258 g/mol. The minimum atomic E-state index is -1.10. The molecule has 1 amide bonds. The van der Waals surface area contributed by atoms with Gasteiger partial charge in [0.15, 0.2) is 0 Å². The fraction of sp³-hybridized carbons (Fsp3) is 0.364. The van der Waals surface area contributed by atoms with E-state index >= 15 is 0 Å². The standard InChI is InChI=1S/C11H14ClN3O3/c1-3-15(2)10(16)6-13-9-5-7(11(17)18)4-8(12)14-9/h4-5H,3,6H2,1-2H3,(H,13,14)(H,17,18). The number of likely N-dealkylation sites (N-methyl/N-ethyl adjacent to an activating group) is 1. The Hall–Kier alpha value is -1.82. The van der Waals surface area contributed by atoms with Crippen molar-refractivity contribution in [2.24, 2.45) is 0 Å². The van der Waals surface area contributed by atoms with Gasteiger partial charge in [-0.1, -0.05) is 11.6 Å². The molecule has 98 valence electrons. The molecule has 1 heterocycles. The number of halogens is 1. The Kier molecular flexibility index (Phi) is 4.91. The fourth-order valence-corrected chi connectivity index (χ4v) is 1.40. The normalized spacial score (nSPS) is 9.94. The van der Waals surface area contributed by atoms with E-state index in [1.54, 1.807) is 7.05 Å². The van der Waals surface area contributed by atoms with Gasteiger partial charge in [-0.05, 0) is 19.1 Å². The lowest BCUT2D eigenvalue weighted by atomic mass is 10.2. The van der Waals surface area contributed by atoms with Crippen molar-refractivity contribution in [3.05, 3.63) is 22.8 Å². The van der Waals surface area contributed by atoms with Gasteiger partial charge in [-0.2, -0.15) is 0 Å². The predicted molar refractivity (Wildman–Crippen MR) is 68.0 cm³/mol. The van der Waals surface area contributed by atoms with Gasteiger partial charge in [0.25, 0.3) is 0 Å². The van der Waals surface area contributed by atoms with Gasteiger partial charge in [0.1, 0.15) is 11.0 Å². The third-order valence-electron chi connectivity index (χ3n) is 2.36. The van der Waals surface area contributed by atoms with E-state index in [9.17, 15) is 9.59 Å². The van der Waals surface area contributed by atoms with Gasteiger partial charge in [-0.25, -0.2) is 9.78 Å². The van der Waals surface area contributed by atoms with Crippen LogP contribution in [0.25, 0.3) is 0 Å². The first kappa shape index (κ1) is 14.2. The van der Waals surface area contributed by atoms with Crippen LogP contribution >= 0.6 is 11.6 Å². The number of nitrogens with zero attached hydrogens (tertiary/aromatic N) is 2. The Morgan fingerprint density at radius 2 is 2.17 bits per heavy atom. The molecule has 0 aliphatic rings. The second-order valence-corrected chi connectivity index (χ2v) is 4.02. The van der Waals surface area contributed by atoms with Crippen molar-refractivity contribution in [3.8, 4) is 0 Å². The summed E-state index contributed by atoms with van der Waals surface area (Å²) >= 11 is 5.69. The first-order valence-corrected chi connectivity index (χ1v) is 5.70. The topological polar surface area (TPSA) is 82.5 Å². The highest BCUT2D eigenvalue weighted by Crippen LogP contribution is 2.14. The molecule has 7 heteroatoms. The molecule has 0 saturated carbocycles. The molecule has 6 nitrogen and oxygen atoms in total. The summed E-state index contributed by atoms with van der Waals surface area (Å²) in [5.74, 6) is -0.951. The number of carboxylic acids is 1. The molecule has 1 aromatic rings. The number of amides is 1. The molecule has 0 spiro atoms. The number of hydrogen-bond donors (Lipinski definition) is 2. The average Bonchev–Trinajstić information content (AvgIpc) is 2.34. The van der Waals surface area contributed by atoms with Gasteiger partial charge >= 0.3 is 5.97 Å². The highest BCUT2D eigenvalue weighted by Gasteiger charge is 2.10. The molecule has 2 N–H and O–H groups in total. The summed E-state index contributed by atoms with van der Waals surface area (Å²) in [7, 11) is 1.68. The van der Waals surface area contributed by atoms with E-state index in [-0.39, 0.29) is 29.0 Å². The quantitative estimate of drug-likeness (QED) is 0.790. The van der Waals surface area contributed by atoms with E-state index in [4.69, 9.17) is 16.7 Å². The van der Waals surface area contributed by atoms with Crippen LogP contribution in [0.2, 0.25) is 5.15 Å². The zero-order chi connectivity index (χ0) is 13.7. The van der Waals surface area contributed by atoms with Gasteiger partial charge in [0.05, 0.1) is 12.1 Å². The Bertz CT molecular complexity index is 465. The summed E-state index contributed by atoms with van der Waals surface area (Å²) in [6, 6.07) is 2.57. The predicted octanol–water partition coefficient (Wildman–Crippen LogP) is 1.32. The molecule has 0 bridgehead atoms. The number of rotatable bonds is 5. The third kappa shape index (κ3) is 3.89. The van der Waals surface area contributed by atoms with Crippen LogP contribution in [0, 0.1) is 0 Å². The summed E-state index contributed by atoms with van der Waals surface area (Å²) in [4.78, 5) is 27.8. The lowest BCUT2D eigenvalue weighted by molar-refractivity contribution is -0.127. The molecule has 0 aliphatic carbocycles. The smallest absolute Gasteiger partial charge is 0.335 e. The zero-order valence-corrected chi connectivity index (χ0v) is 10.9. The maximum absolute atomic E-state index is 11.5. The van der Waals surface area contributed by atoms with E-state index < -0.39 is 5.97 Å². The minimum Gasteiger partial charge on any atom is -0.478 e. The van der Waals surface area contributed by atoms with Crippen molar-refractivity contribution in [3.63, 3.8) is 0 Å². The Labute approximate surface area is 110 Å². The third-order valence-corrected chi connectivity index (χ3v) is 2.56. The molecule has 18 heavy (non-hydrogen) atoms. The van der Waals surface area contributed by atoms with Crippen LogP contribution in [0.3, 0.4) is 0 Å². The number of pyridine rings is 1. The number of carboxylic acid groups (broad SMARTS) is 1. The Morgan fingerprint density at radius 3 is 2.72 bits per heavy atom. The number of anilines is 1. The summed E-state index contributed by atoms with van der Waals surface area (Å²) < 4.78 is 0. The minimum absolute atomic E-state index is 0.0220. The maximum Gasteiger partial charge on any atom is 0.335 e. The largest absolute Gasteiger partial charge is 0.478 e. The molecule has 0 aliphatic heterocycles. The molecule has 0 fully saturated rings. The Morgan fingerprint density at radius 1 is 1.50 bits per heavy atom. The lowest BCUT2D eigenvalue weighted by Gasteiger charge is -2.15. The van der Waals surface area contributed by atoms with Gasteiger partial charge in [0.2, 0.25) is 5.91 Å². The van der Waals surface area contributed by atoms with Crippen LogP contribution in [0.5, 0.6) is 0 Å². The maximum atomic E-state index is 11.5. The Balaban J connectivity index is 2.73. The molecule has 0 unspecified atom stereocenters. The van der Waals surface area contributed by atoms with Crippen molar-refractivity contribution in [1.29, 1.82) is 0 Å². The van der Waals surface area contributed by atoms with Gasteiger partial charge in [-0.3, -0.25) is 4.79 Å². The van der Waals surface area contributed by atoms with E-state index in [2.05, 4.69) is 10.3 Å². The molecule has 1 rings (SSSR count). The van der Waals surface area contributed by atoms with Crippen LogP contribution in [0.1, 0.15) is 17.3 Å².